The van der Waals surface area contributed by atoms with E-state index < -0.39 is 0 Å². The van der Waals surface area contributed by atoms with Crippen LogP contribution in [0.4, 0.5) is 11.5 Å². The molecule has 0 saturated carbocycles. The number of aromatic nitrogens is 4. The number of nitrogens with one attached hydrogen (secondary N) is 1. The van der Waals surface area contributed by atoms with Crippen molar-refractivity contribution in [3.63, 3.8) is 0 Å². The van der Waals surface area contributed by atoms with E-state index in [0.29, 0.717) is 0 Å². The number of para-hydroxylation sites is 2. The van der Waals surface area contributed by atoms with Crippen molar-refractivity contribution in [2.24, 2.45) is 7.05 Å². The predicted molar refractivity (Wildman–Crippen MR) is 77.3 cm³/mol. The van der Waals surface area contributed by atoms with Gasteiger partial charge in [-0.15, -0.1) is 0 Å². The average molecular weight is 269 g/mol. The van der Waals surface area contributed by atoms with E-state index in [1.54, 1.807) is 11.8 Å². The van der Waals surface area contributed by atoms with Crippen LogP contribution in [0.1, 0.15) is 5.69 Å². The lowest BCUT2D eigenvalue weighted by Gasteiger charge is -2.10. The summed E-state index contributed by atoms with van der Waals surface area (Å²) < 4.78 is 7.09. The van der Waals surface area contributed by atoms with Crippen LogP contribution >= 0.6 is 0 Å². The second-order valence-electron chi connectivity index (χ2n) is 4.46. The molecule has 0 spiro atoms. The minimum absolute atomic E-state index is 0.727. The Labute approximate surface area is 116 Å². The van der Waals surface area contributed by atoms with Gasteiger partial charge in [-0.2, -0.15) is 5.10 Å². The molecule has 0 unspecified atom stereocenters. The Bertz CT molecular complexity index is 765. The molecule has 3 rings (SSSR count). The molecule has 0 saturated heterocycles. The van der Waals surface area contributed by atoms with E-state index in [9.17, 15) is 0 Å². The van der Waals surface area contributed by atoms with Crippen LogP contribution < -0.4 is 10.1 Å². The molecule has 0 bridgehead atoms. The third kappa shape index (κ3) is 1.95. The number of nitrogens with zero attached hydrogens (tertiary/aromatic N) is 4. The van der Waals surface area contributed by atoms with Gasteiger partial charge in [0.05, 0.1) is 23.9 Å². The molecule has 0 aliphatic carbocycles. The van der Waals surface area contributed by atoms with Gasteiger partial charge in [-0.25, -0.2) is 9.97 Å². The molecule has 0 atom stereocenters. The number of anilines is 2. The monoisotopic (exact) mass is 269 g/mol. The predicted octanol–water partition coefficient (Wildman–Crippen LogP) is 2.42. The van der Waals surface area contributed by atoms with Crippen molar-refractivity contribution in [3.8, 4) is 5.75 Å². The highest BCUT2D eigenvalue weighted by molar-refractivity contribution is 5.91. The average Bonchev–Trinajstić information content (AvgIpc) is 2.76. The van der Waals surface area contributed by atoms with E-state index in [1.807, 2.05) is 38.2 Å². The zero-order valence-corrected chi connectivity index (χ0v) is 11.6. The molecule has 3 aromatic rings. The Morgan fingerprint density at radius 1 is 1.20 bits per heavy atom. The van der Waals surface area contributed by atoms with Crippen molar-refractivity contribution in [2.45, 2.75) is 6.92 Å². The van der Waals surface area contributed by atoms with Crippen molar-refractivity contribution >= 4 is 22.5 Å². The van der Waals surface area contributed by atoms with Gasteiger partial charge in [0.25, 0.3) is 0 Å². The first-order valence-electron chi connectivity index (χ1n) is 6.25. The van der Waals surface area contributed by atoms with Gasteiger partial charge in [0.1, 0.15) is 17.9 Å². The molecule has 20 heavy (non-hydrogen) atoms. The third-order valence-corrected chi connectivity index (χ3v) is 3.16. The Morgan fingerprint density at radius 3 is 2.80 bits per heavy atom. The molecule has 2 aromatic heterocycles. The summed E-state index contributed by atoms with van der Waals surface area (Å²) in [6.45, 7) is 1.94. The minimum Gasteiger partial charge on any atom is -0.495 e. The summed E-state index contributed by atoms with van der Waals surface area (Å²) in [5.41, 5.74) is 2.55. The van der Waals surface area contributed by atoms with Crippen molar-refractivity contribution in [1.29, 1.82) is 0 Å². The number of hydrogen-bond donors (Lipinski definition) is 1. The zero-order valence-electron chi connectivity index (χ0n) is 11.6. The third-order valence-electron chi connectivity index (χ3n) is 3.16. The maximum atomic E-state index is 5.34. The van der Waals surface area contributed by atoms with Crippen LogP contribution in [0.2, 0.25) is 0 Å². The first-order chi connectivity index (χ1) is 9.70. The molecule has 2 heterocycles. The van der Waals surface area contributed by atoms with E-state index in [1.165, 1.54) is 6.33 Å². The summed E-state index contributed by atoms with van der Waals surface area (Å²) in [6.07, 6.45) is 1.53. The highest BCUT2D eigenvalue weighted by Gasteiger charge is 2.13. The second-order valence-corrected chi connectivity index (χ2v) is 4.46. The molecule has 1 aromatic carbocycles. The molecule has 0 aliphatic heterocycles. The smallest absolute Gasteiger partial charge is 0.163 e. The van der Waals surface area contributed by atoms with Crippen molar-refractivity contribution in [2.75, 3.05) is 12.4 Å². The summed E-state index contributed by atoms with van der Waals surface area (Å²) in [7, 11) is 3.51. The summed E-state index contributed by atoms with van der Waals surface area (Å²) >= 11 is 0. The normalized spacial score (nSPS) is 10.8. The summed E-state index contributed by atoms with van der Waals surface area (Å²) in [6, 6.07) is 7.71. The first kappa shape index (κ1) is 12.4. The van der Waals surface area contributed by atoms with Crippen LogP contribution in [0, 0.1) is 6.92 Å². The molecule has 6 heteroatoms. The first-order valence-corrected chi connectivity index (χ1v) is 6.25. The lowest BCUT2D eigenvalue weighted by atomic mass is 10.2. The van der Waals surface area contributed by atoms with Gasteiger partial charge in [0, 0.05) is 7.05 Å². The van der Waals surface area contributed by atoms with Gasteiger partial charge in [0.15, 0.2) is 5.65 Å². The van der Waals surface area contributed by atoms with Crippen LogP contribution in [0.3, 0.4) is 0 Å². The molecule has 1 N–H and O–H groups in total. The number of rotatable bonds is 3. The fraction of sp³-hybridized carbons (Fsp3) is 0.214. The number of hydrogen-bond acceptors (Lipinski definition) is 5. The highest BCUT2D eigenvalue weighted by Crippen LogP contribution is 2.30. The lowest BCUT2D eigenvalue weighted by Crippen LogP contribution is -1.99. The van der Waals surface area contributed by atoms with Crippen molar-refractivity contribution in [1.82, 2.24) is 19.7 Å². The van der Waals surface area contributed by atoms with E-state index in [0.717, 1.165) is 34.0 Å². The topological polar surface area (TPSA) is 64.9 Å². The Balaban J connectivity index is 2.11. The van der Waals surface area contributed by atoms with E-state index in [-0.39, 0.29) is 0 Å². The van der Waals surface area contributed by atoms with Gasteiger partial charge in [0.2, 0.25) is 0 Å². The summed E-state index contributed by atoms with van der Waals surface area (Å²) in [5.74, 6) is 1.49. The number of aryl methyl sites for hydroxylation is 2. The van der Waals surface area contributed by atoms with Crippen LogP contribution in [0.5, 0.6) is 5.75 Å². The van der Waals surface area contributed by atoms with E-state index in [4.69, 9.17) is 4.74 Å². The minimum atomic E-state index is 0.727. The Morgan fingerprint density at radius 2 is 2.00 bits per heavy atom. The summed E-state index contributed by atoms with van der Waals surface area (Å²) in [4.78, 5) is 8.59. The van der Waals surface area contributed by atoms with Crippen LogP contribution in [-0.2, 0) is 7.05 Å². The molecule has 102 valence electrons. The maximum Gasteiger partial charge on any atom is 0.163 e. The van der Waals surface area contributed by atoms with Crippen LogP contribution in [0.25, 0.3) is 11.0 Å². The van der Waals surface area contributed by atoms with Crippen LogP contribution in [-0.4, -0.2) is 26.9 Å². The number of fused-ring (bicyclic) bond motifs is 1. The van der Waals surface area contributed by atoms with Crippen molar-refractivity contribution < 1.29 is 4.74 Å². The fourth-order valence-electron chi connectivity index (χ4n) is 2.25. The van der Waals surface area contributed by atoms with Gasteiger partial charge in [-0.05, 0) is 19.1 Å². The molecule has 0 amide bonds. The quantitative estimate of drug-likeness (QED) is 0.791. The molecule has 0 radical (unpaired) electrons. The number of ether oxygens (including phenoxy) is 1. The van der Waals surface area contributed by atoms with Crippen LogP contribution in [0.15, 0.2) is 30.6 Å². The standard InChI is InChI=1S/C14H15N5O/c1-9-12-13(15-8-16-14(12)19(2)18-9)17-10-6-4-5-7-11(10)20-3/h4-8H,1-3H3,(H,15,16,17). The molecule has 0 aliphatic rings. The molecular weight excluding hydrogens is 254 g/mol. The van der Waals surface area contributed by atoms with E-state index >= 15 is 0 Å². The van der Waals surface area contributed by atoms with Crippen molar-refractivity contribution in [3.05, 3.63) is 36.3 Å². The zero-order chi connectivity index (χ0) is 14.1. The molecule has 6 nitrogen and oxygen atoms in total. The number of benzene rings is 1. The summed E-state index contributed by atoms with van der Waals surface area (Å²) in [5, 5.41) is 8.59. The SMILES string of the molecule is COc1ccccc1Nc1ncnc2c1c(C)nn2C. The maximum absolute atomic E-state index is 5.34. The van der Waals surface area contributed by atoms with E-state index in [2.05, 4.69) is 20.4 Å². The Hall–Kier alpha value is -2.63. The Kier molecular flexibility index (Phi) is 2.98. The number of methoxy groups -OCH3 is 1. The molecule has 0 fully saturated rings. The second kappa shape index (κ2) is 4.80. The largest absolute Gasteiger partial charge is 0.495 e. The fourth-order valence-corrected chi connectivity index (χ4v) is 2.25. The molecular formula is C14H15N5O. The van der Waals surface area contributed by atoms with Gasteiger partial charge >= 0.3 is 0 Å². The highest BCUT2D eigenvalue weighted by atomic mass is 16.5. The lowest BCUT2D eigenvalue weighted by molar-refractivity contribution is 0.417. The van der Waals surface area contributed by atoms with Gasteiger partial charge in [-0.1, -0.05) is 12.1 Å². The van der Waals surface area contributed by atoms with Gasteiger partial charge in [-0.3, -0.25) is 4.68 Å². The van der Waals surface area contributed by atoms with Gasteiger partial charge < -0.3 is 10.1 Å².